The van der Waals surface area contributed by atoms with Crippen LogP contribution in [0.4, 0.5) is 5.69 Å². The summed E-state index contributed by atoms with van der Waals surface area (Å²) in [6.07, 6.45) is 5.38. The van der Waals surface area contributed by atoms with E-state index in [0.29, 0.717) is 5.92 Å². The van der Waals surface area contributed by atoms with Gasteiger partial charge in [-0.3, -0.25) is 4.79 Å². The molecule has 1 amide bonds. The molecule has 7 heteroatoms. The van der Waals surface area contributed by atoms with Crippen molar-refractivity contribution in [3.8, 4) is 22.8 Å². The summed E-state index contributed by atoms with van der Waals surface area (Å²) in [5.41, 5.74) is 4.38. The van der Waals surface area contributed by atoms with Gasteiger partial charge < -0.3 is 19.3 Å². The number of thiazole rings is 1. The lowest BCUT2D eigenvalue weighted by atomic mass is 9.97. The number of benzene rings is 2. The minimum Gasteiger partial charge on any atom is -0.454 e. The Balaban J connectivity index is 1.16. The molecule has 0 saturated carbocycles. The van der Waals surface area contributed by atoms with Gasteiger partial charge in [0, 0.05) is 54.8 Å². The first kappa shape index (κ1) is 23.4. The molecule has 0 spiro atoms. The molecule has 1 fully saturated rings. The lowest BCUT2D eigenvalue weighted by Gasteiger charge is -2.30. The van der Waals surface area contributed by atoms with Crippen molar-refractivity contribution in [3.63, 3.8) is 0 Å². The van der Waals surface area contributed by atoms with Crippen molar-refractivity contribution < 1.29 is 14.3 Å². The van der Waals surface area contributed by atoms with Gasteiger partial charge in [0.1, 0.15) is 0 Å². The lowest BCUT2D eigenvalue weighted by Crippen LogP contribution is -2.36. The van der Waals surface area contributed by atoms with Crippen molar-refractivity contribution in [2.75, 3.05) is 37.9 Å². The van der Waals surface area contributed by atoms with Crippen LogP contribution in [0, 0.1) is 0 Å². The number of amides is 1. The monoisotopic (exact) mass is 489 g/mol. The number of likely N-dealkylation sites (tertiary alicyclic amines) is 1. The molecule has 3 heterocycles. The third-order valence-electron chi connectivity index (χ3n) is 6.78. The van der Waals surface area contributed by atoms with E-state index in [1.165, 1.54) is 10.7 Å². The number of carbonyl (C=O) groups is 1. The summed E-state index contributed by atoms with van der Waals surface area (Å²) in [6.45, 7) is 8.13. The first-order valence-corrected chi connectivity index (χ1v) is 13.2. The SMILES string of the molecule is CCN(CC)c1ccc(-c2csc(C3CCN(C(=O)C=Cc4ccc5c(c4)OCO5)CC3)n2)cc1. The largest absolute Gasteiger partial charge is 0.454 e. The third-order valence-corrected chi connectivity index (χ3v) is 7.79. The molecular weight excluding hydrogens is 458 g/mol. The molecule has 2 aliphatic rings. The van der Waals surface area contributed by atoms with Gasteiger partial charge in [0.2, 0.25) is 12.7 Å². The molecule has 2 aromatic carbocycles. The molecule has 0 radical (unpaired) electrons. The van der Waals surface area contributed by atoms with Crippen LogP contribution in [0.3, 0.4) is 0 Å². The van der Waals surface area contributed by atoms with Crippen LogP contribution in [-0.2, 0) is 4.79 Å². The topological polar surface area (TPSA) is 54.9 Å². The molecule has 1 saturated heterocycles. The van der Waals surface area contributed by atoms with Crippen molar-refractivity contribution in [3.05, 3.63) is 64.5 Å². The van der Waals surface area contributed by atoms with E-state index in [4.69, 9.17) is 14.5 Å². The van der Waals surface area contributed by atoms with Gasteiger partial charge in [-0.2, -0.15) is 0 Å². The average molecular weight is 490 g/mol. The maximum atomic E-state index is 12.7. The number of aromatic nitrogens is 1. The average Bonchev–Trinajstić information content (AvgIpc) is 3.58. The zero-order valence-electron chi connectivity index (χ0n) is 20.3. The fourth-order valence-corrected chi connectivity index (χ4v) is 5.68. The standard InChI is InChI=1S/C28H31N3O3S/c1-3-30(4-2)23-9-7-21(8-10-23)24-18-35-28(29-24)22-13-15-31(16-14-22)27(32)12-6-20-5-11-25-26(17-20)34-19-33-25/h5-12,17-18,22H,3-4,13-16,19H2,1-2H3. The van der Waals surface area contributed by atoms with E-state index in [2.05, 4.69) is 48.4 Å². The molecule has 35 heavy (non-hydrogen) atoms. The predicted octanol–water partition coefficient (Wildman–Crippen LogP) is 5.80. The van der Waals surface area contributed by atoms with Crippen LogP contribution in [0.2, 0.25) is 0 Å². The van der Waals surface area contributed by atoms with Gasteiger partial charge in [0.05, 0.1) is 10.7 Å². The second-order valence-electron chi connectivity index (χ2n) is 8.84. The second-order valence-corrected chi connectivity index (χ2v) is 9.73. The summed E-state index contributed by atoms with van der Waals surface area (Å²) in [5, 5.41) is 3.34. The second kappa shape index (κ2) is 10.5. The molecule has 5 rings (SSSR count). The lowest BCUT2D eigenvalue weighted by molar-refractivity contribution is -0.126. The fourth-order valence-electron chi connectivity index (χ4n) is 4.68. The van der Waals surface area contributed by atoms with Gasteiger partial charge in [-0.1, -0.05) is 18.2 Å². The highest BCUT2D eigenvalue weighted by atomic mass is 32.1. The Morgan fingerprint density at radius 1 is 1.09 bits per heavy atom. The van der Waals surface area contributed by atoms with Crippen molar-refractivity contribution >= 4 is 29.0 Å². The smallest absolute Gasteiger partial charge is 0.246 e. The van der Waals surface area contributed by atoms with Crippen molar-refractivity contribution in [1.82, 2.24) is 9.88 Å². The number of anilines is 1. The molecule has 1 aromatic heterocycles. The molecule has 3 aromatic rings. The van der Waals surface area contributed by atoms with E-state index < -0.39 is 0 Å². The van der Waals surface area contributed by atoms with Crippen LogP contribution in [0.25, 0.3) is 17.3 Å². The number of hydrogen-bond acceptors (Lipinski definition) is 6. The molecule has 182 valence electrons. The summed E-state index contributed by atoms with van der Waals surface area (Å²) < 4.78 is 10.8. The van der Waals surface area contributed by atoms with Crippen LogP contribution < -0.4 is 14.4 Å². The number of hydrogen-bond donors (Lipinski definition) is 0. The number of rotatable bonds is 7. The molecule has 0 unspecified atom stereocenters. The van der Waals surface area contributed by atoms with E-state index in [-0.39, 0.29) is 12.7 Å². The quantitative estimate of drug-likeness (QED) is 0.392. The Morgan fingerprint density at radius 2 is 1.83 bits per heavy atom. The molecule has 0 aliphatic carbocycles. The number of fused-ring (bicyclic) bond motifs is 1. The van der Waals surface area contributed by atoms with Gasteiger partial charge in [-0.25, -0.2) is 4.98 Å². The van der Waals surface area contributed by atoms with Gasteiger partial charge in [0.25, 0.3) is 0 Å². The highest BCUT2D eigenvalue weighted by Crippen LogP contribution is 2.34. The molecule has 0 atom stereocenters. The summed E-state index contributed by atoms with van der Waals surface area (Å²) in [6, 6.07) is 14.4. The van der Waals surface area contributed by atoms with Gasteiger partial charge in [-0.15, -0.1) is 11.3 Å². The summed E-state index contributed by atoms with van der Waals surface area (Å²) in [4.78, 5) is 22.0. The Kier molecular flexibility index (Phi) is 7.04. The Hall–Kier alpha value is -3.32. The van der Waals surface area contributed by atoms with E-state index in [1.807, 2.05) is 29.2 Å². The van der Waals surface area contributed by atoms with Crippen LogP contribution in [0.1, 0.15) is 43.2 Å². The van der Waals surface area contributed by atoms with E-state index in [1.54, 1.807) is 17.4 Å². The highest BCUT2D eigenvalue weighted by molar-refractivity contribution is 7.10. The highest BCUT2D eigenvalue weighted by Gasteiger charge is 2.25. The normalized spacial score (nSPS) is 15.7. The number of nitrogens with zero attached hydrogens (tertiary/aromatic N) is 3. The van der Waals surface area contributed by atoms with Crippen molar-refractivity contribution in [2.45, 2.75) is 32.6 Å². The van der Waals surface area contributed by atoms with Crippen molar-refractivity contribution in [1.29, 1.82) is 0 Å². The Bertz CT molecular complexity index is 1190. The molecule has 2 aliphatic heterocycles. The summed E-state index contributed by atoms with van der Waals surface area (Å²) >= 11 is 1.74. The fraction of sp³-hybridized carbons (Fsp3) is 0.357. The molecule has 6 nitrogen and oxygen atoms in total. The maximum absolute atomic E-state index is 12.7. The summed E-state index contributed by atoms with van der Waals surface area (Å²) in [7, 11) is 0. The zero-order chi connectivity index (χ0) is 24.2. The summed E-state index contributed by atoms with van der Waals surface area (Å²) in [5.74, 6) is 1.93. The number of carbonyl (C=O) groups excluding carboxylic acids is 1. The third kappa shape index (κ3) is 5.20. The van der Waals surface area contributed by atoms with Crippen LogP contribution in [0.15, 0.2) is 53.9 Å². The van der Waals surface area contributed by atoms with E-state index in [9.17, 15) is 4.79 Å². The van der Waals surface area contributed by atoms with Gasteiger partial charge >= 0.3 is 0 Å². The van der Waals surface area contributed by atoms with Crippen LogP contribution in [-0.4, -0.2) is 48.8 Å². The number of ether oxygens (including phenoxy) is 2. The van der Waals surface area contributed by atoms with Gasteiger partial charge in [0.15, 0.2) is 11.5 Å². The van der Waals surface area contributed by atoms with Crippen LogP contribution in [0.5, 0.6) is 11.5 Å². The minimum atomic E-state index is 0.0502. The molecule has 0 N–H and O–H groups in total. The first-order valence-electron chi connectivity index (χ1n) is 12.3. The Morgan fingerprint density at radius 3 is 2.57 bits per heavy atom. The van der Waals surface area contributed by atoms with E-state index in [0.717, 1.165) is 67.3 Å². The molecular formula is C28H31N3O3S. The van der Waals surface area contributed by atoms with E-state index >= 15 is 0 Å². The predicted molar refractivity (Wildman–Crippen MR) is 141 cm³/mol. The zero-order valence-corrected chi connectivity index (χ0v) is 21.1. The Labute approximate surface area is 210 Å². The number of piperidine rings is 1. The first-order chi connectivity index (χ1) is 17.1. The minimum absolute atomic E-state index is 0.0502. The maximum Gasteiger partial charge on any atom is 0.246 e. The van der Waals surface area contributed by atoms with Crippen LogP contribution >= 0.6 is 11.3 Å². The molecule has 0 bridgehead atoms. The van der Waals surface area contributed by atoms with Crippen molar-refractivity contribution in [2.24, 2.45) is 0 Å². The van der Waals surface area contributed by atoms with Gasteiger partial charge in [-0.05, 0) is 62.6 Å².